The van der Waals surface area contributed by atoms with Crippen LogP contribution in [0.3, 0.4) is 0 Å². The Hall–Kier alpha value is -1.35. The van der Waals surface area contributed by atoms with Crippen LogP contribution in [0.2, 0.25) is 0 Å². The van der Waals surface area contributed by atoms with Gasteiger partial charge >= 0.3 is 0 Å². The van der Waals surface area contributed by atoms with Crippen LogP contribution in [-0.2, 0) is 6.42 Å². The van der Waals surface area contributed by atoms with Crippen LogP contribution in [0.4, 0.5) is 4.39 Å². The van der Waals surface area contributed by atoms with Gasteiger partial charge in [-0.25, -0.2) is 4.39 Å². The zero-order valence-electron chi connectivity index (χ0n) is 8.39. The highest BCUT2D eigenvalue weighted by atomic mass is 19.1. The Labute approximate surface area is 87.3 Å². The molecule has 3 rings (SSSR count). The molecule has 0 bridgehead atoms. The molecule has 0 fully saturated rings. The predicted octanol–water partition coefficient (Wildman–Crippen LogP) is 2.64. The van der Waals surface area contributed by atoms with Gasteiger partial charge < -0.3 is 10.7 Å². The van der Waals surface area contributed by atoms with Crippen molar-refractivity contribution in [3.63, 3.8) is 0 Å². The second kappa shape index (κ2) is 3.07. The monoisotopic (exact) mass is 204 g/mol. The summed E-state index contributed by atoms with van der Waals surface area (Å²) in [6.45, 7) is 0. The van der Waals surface area contributed by atoms with E-state index in [1.54, 1.807) is 12.1 Å². The van der Waals surface area contributed by atoms with Gasteiger partial charge in [0.25, 0.3) is 0 Å². The zero-order valence-corrected chi connectivity index (χ0v) is 8.39. The van der Waals surface area contributed by atoms with Crippen molar-refractivity contribution in [2.24, 2.45) is 5.73 Å². The molecule has 3 N–H and O–H groups in total. The lowest BCUT2D eigenvalue weighted by Gasteiger charge is -2.18. The molecule has 0 spiro atoms. The summed E-state index contributed by atoms with van der Waals surface area (Å²) < 4.78 is 13.1. The van der Waals surface area contributed by atoms with E-state index in [0.717, 1.165) is 35.9 Å². The number of aryl methyl sites for hydroxylation is 1. The topological polar surface area (TPSA) is 41.8 Å². The molecule has 0 saturated heterocycles. The molecule has 1 aliphatic rings. The predicted molar refractivity (Wildman–Crippen MR) is 58.1 cm³/mol. The lowest BCUT2D eigenvalue weighted by molar-refractivity contribution is 0.562. The normalized spacial score (nSPS) is 20.5. The van der Waals surface area contributed by atoms with Crippen molar-refractivity contribution >= 4 is 10.9 Å². The number of hydrogen-bond acceptors (Lipinski definition) is 1. The lowest BCUT2D eigenvalue weighted by Crippen LogP contribution is -2.16. The van der Waals surface area contributed by atoms with Crippen LogP contribution in [0.1, 0.15) is 30.1 Å². The molecule has 1 unspecified atom stereocenters. The summed E-state index contributed by atoms with van der Waals surface area (Å²) in [4.78, 5) is 3.30. The van der Waals surface area contributed by atoms with Crippen molar-refractivity contribution in [3.05, 3.63) is 35.3 Å². The van der Waals surface area contributed by atoms with Crippen LogP contribution in [0, 0.1) is 5.82 Å². The van der Waals surface area contributed by atoms with Gasteiger partial charge in [0.15, 0.2) is 0 Å². The standard InChI is InChI=1S/C12H13FN2/c13-7-4-5-11-9(6-7)8-2-1-3-10(14)12(8)15-11/h4-6,10,15H,1-3,14H2. The molecule has 3 heteroatoms. The van der Waals surface area contributed by atoms with E-state index in [1.807, 2.05) is 0 Å². The molecule has 0 radical (unpaired) electrons. The van der Waals surface area contributed by atoms with Gasteiger partial charge in [-0.3, -0.25) is 0 Å². The first-order chi connectivity index (χ1) is 7.25. The Balaban J connectivity index is 2.31. The largest absolute Gasteiger partial charge is 0.357 e. The summed E-state index contributed by atoms with van der Waals surface area (Å²) >= 11 is 0. The molecule has 2 nitrogen and oxygen atoms in total. The van der Waals surface area contributed by atoms with Gasteiger partial charge in [0, 0.05) is 22.6 Å². The van der Waals surface area contributed by atoms with Crippen LogP contribution in [0.5, 0.6) is 0 Å². The molecule has 1 aromatic carbocycles. The van der Waals surface area contributed by atoms with Gasteiger partial charge in [-0.2, -0.15) is 0 Å². The van der Waals surface area contributed by atoms with E-state index >= 15 is 0 Å². The van der Waals surface area contributed by atoms with E-state index in [9.17, 15) is 4.39 Å². The first-order valence-corrected chi connectivity index (χ1v) is 5.31. The molecule has 15 heavy (non-hydrogen) atoms. The maximum Gasteiger partial charge on any atom is 0.123 e. The number of benzene rings is 1. The fraction of sp³-hybridized carbons (Fsp3) is 0.333. The number of fused-ring (bicyclic) bond motifs is 3. The molecular formula is C12H13FN2. The minimum absolute atomic E-state index is 0.0872. The minimum atomic E-state index is -0.177. The Bertz CT molecular complexity index is 516. The van der Waals surface area contributed by atoms with Crippen LogP contribution >= 0.6 is 0 Å². The molecule has 1 heterocycles. The summed E-state index contributed by atoms with van der Waals surface area (Å²) in [5.74, 6) is -0.177. The highest BCUT2D eigenvalue weighted by molar-refractivity contribution is 5.85. The molecule has 1 aromatic heterocycles. The Morgan fingerprint density at radius 1 is 1.40 bits per heavy atom. The van der Waals surface area contributed by atoms with Crippen LogP contribution in [-0.4, -0.2) is 4.98 Å². The van der Waals surface area contributed by atoms with E-state index in [-0.39, 0.29) is 11.9 Å². The Morgan fingerprint density at radius 2 is 2.27 bits per heavy atom. The number of aromatic amines is 1. The number of hydrogen-bond donors (Lipinski definition) is 2. The van der Waals surface area contributed by atoms with Crippen molar-refractivity contribution in [3.8, 4) is 0 Å². The Morgan fingerprint density at radius 3 is 3.13 bits per heavy atom. The van der Waals surface area contributed by atoms with Crippen molar-refractivity contribution in [2.75, 3.05) is 0 Å². The molecular weight excluding hydrogens is 191 g/mol. The second-order valence-corrected chi connectivity index (χ2v) is 4.21. The van der Waals surface area contributed by atoms with E-state index in [4.69, 9.17) is 5.73 Å². The highest BCUT2D eigenvalue weighted by Gasteiger charge is 2.21. The van der Waals surface area contributed by atoms with Crippen LogP contribution < -0.4 is 5.73 Å². The molecule has 0 saturated carbocycles. The number of nitrogens with one attached hydrogen (secondary N) is 1. The molecule has 2 aromatic rings. The van der Waals surface area contributed by atoms with Crippen LogP contribution in [0.25, 0.3) is 10.9 Å². The van der Waals surface area contributed by atoms with E-state index in [0.29, 0.717) is 0 Å². The van der Waals surface area contributed by atoms with Crippen molar-refractivity contribution in [2.45, 2.75) is 25.3 Å². The first-order valence-electron chi connectivity index (χ1n) is 5.31. The fourth-order valence-corrected chi connectivity index (χ4v) is 2.47. The third kappa shape index (κ3) is 1.27. The maximum absolute atomic E-state index is 13.1. The average molecular weight is 204 g/mol. The fourth-order valence-electron chi connectivity index (χ4n) is 2.47. The quantitative estimate of drug-likeness (QED) is 0.680. The van der Waals surface area contributed by atoms with Crippen molar-refractivity contribution < 1.29 is 4.39 Å². The van der Waals surface area contributed by atoms with Gasteiger partial charge in [0.05, 0.1) is 0 Å². The summed E-state index contributed by atoms with van der Waals surface area (Å²) in [5.41, 5.74) is 9.33. The Kier molecular flexibility index (Phi) is 1.83. The highest BCUT2D eigenvalue weighted by Crippen LogP contribution is 2.33. The van der Waals surface area contributed by atoms with E-state index in [1.165, 1.54) is 11.6 Å². The van der Waals surface area contributed by atoms with E-state index in [2.05, 4.69) is 4.98 Å². The summed E-state index contributed by atoms with van der Waals surface area (Å²) in [6, 6.07) is 4.96. The van der Waals surface area contributed by atoms with Gasteiger partial charge in [-0.05, 0) is 43.0 Å². The number of nitrogens with two attached hydrogens (primary N) is 1. The summed E-state index contributed by atoms with van der Waals surface area (Å²) in [7, 11) is 0. The number of rotatable bonds is 0. The lowest BCUT2D eigenvalue weighted by atomic mass is 9.92. The molecule has 0 amide bonds. The smallest absolute Gasteiger partial charge is 0.123 e. The SMILES string of the molecule is NC1CCCc2c1[nH]c1ccc(F)cc21. The second-order valence-electron chi connectivity index (χ2n) is 4.21. The van der Waals surface area contributed by atoms with E-state index < -0.39 is 0 Å². The third-order valence-corrected chi connectivity index (χ3v) is 3.21. The first kappa shape index (κ1) is 8.92. The molecule has 1 aliphatic carbocycles. The zero-order chi connectivity index (χ0) is 10.4. The molecule has 1 atom stereocenters. The minimum Gasteiger partial charge on any atom is -0.357 e. The number of H-pyrrole nitrogens is 1. The van der Waals surface area contributed by atoms with Gasteiger partial charge in [-0.1, -0.05) is 0 Å². The van der Waals surface area contributed by atoms with Gasteiger partial charge in [0.1, 0.15) is 5.82 Å². The van der Waals surface area contributed by atoms with Crippen LogP contribution in [0.15, 0.2) is 18.2 Å². The van der Waals surface area contributed by atoms with Gasteiger partial charge in [-0.15, -0.1) is 0 Å². The van der Waals surface area contributed by atoms with Crippen molar-refractivity contribution in [1.82, 2.24) is 4.98 Å². The molecule has 0 aliphatic heterocycles. The third-order valence-electron chi connectivity index (χ3n) is 3.21. The van der Waals surface area contributed by atoms with Crippen molar-refractivity contribution in [1.29, 1.82) is 0 Å². The number of halogens is 1. The summed E-state index contributed by atoms with van der Waals surface area (Å²) in [5, 5.41) is 1.00. The number of aromatic nitrogens is 1. The molecule has 78 valence electrons. The van der Waals surface area contributed by atoms with Gasteiger partial charge in [0.2, 0.25) is 0 Å². The summed E-state index contributed by atoms with van der Waals surface area (Å²) in [6.07, 6.45) is 3.12. The average Bonchev–Trinajstić information content (AvgIpc) is 2.58. The maximum atomic E-state index is 13.1.